The van der Waals surface area contributed by atoms with Crippen molar-refractivity contribution >= 4 is 16.8 Å². The van der Waals surface area contributed by atoms with E-state index in [-0.39, 0.29) is 22.9 Å². The van der Waals surface area contributed by atoms with Crippen LogP contribution >= 0.6 is 0 Å². The number of amides is 1. The maximum Gasteiger partial charge on any atom is 0.260 e. The van der Waals surface area contributed by atoms with Crippen LogP contribution in [-0.2, 0) is 13.6 Å². The van der Waals surface area contributed by atoms with Crippen molar-refractivity contribution in [2.24, 2.45) is 12.5 Å². The fourth-order valence-electron chi connectivity index (χ4n) is 2.73. The molecule has 0 aliphatic rings. The first-order valence-corrected chi connectivity index (χ1v) is 8.48. The van der Waals surface area contributed by atoms with E-state index in [0.29, 0.717) is 23.0 Å². The molecule has 0 spiro atoms. The molecule has 0 fully saturated rings. The Morgan fingerprint density at radius 1 is 1.27 bits per heavy atom. The topological polar surface area (TPSA) is 81.8 Å². The molecule has 0 aliphatic carbocycles. The van der Waals surface area contributed by atoms with E-state index < -0.39 is 0 Å². The Labute approximate surface area is 151 Å². The molecule has 7 nitrogen and oxygen atoms in total. The summed E-state index contributed by atoms with van der Waals surface area (Å²) in [7, 11) is 1.65. The molecule has 1 atom stereocenters. The molecule has 3 aromatic rings. The monoisotopic (exact) mass is 353 g/mol. The van der Waals surface area contributed by atoms with Crippen LogP contribution in [0.3, 0.4) is 0 Å². The van der Waals surface area contributed by atoms with Gasteiger partial charge in [0.05, 0.1) is 29.6 Å². The van der Waals surface area contributed by atoms with Gasteiger partial charge in [0.2, 0.25) is 0 Å². The Hall–Kier alpha value is -2.96. The number of imidazole rings is 1. The van der Waals surface area contributed by atoms with Gasteiger partial charge >= 0.3 is 0 Å². The van der Waals surface area contributed by atoms with Crippen molar-refractivity contribution in [3.63, 3.8) is 0 Å². The third-order valence-corrected chi connectivity index (χ3v) is 4.48. The summed E-state index contributed by atoms with van der Waals surface area (Å²) in [5.41, 5.74) is 0.737. The fourth-order valence-corrected chi connectivity index (χ4v) is 2.73. The smallest absolute Gasteiger partial charge is 0.260 e. The molecule has 26 heavy (non-hydrogen) atoms. The van der Waals surface area contributed by atoms with Crippen LogP contribution < -0.4 is 10.9 Å². The second-order valence-electron chi connectivity index (χ2n) is 7.54. The summed E-state index contributed by atoms with van der Waals surface area (Å²) < 4.78 is 3.37. The summed E-state index contributed by atoms with van der Waals surface area (Å²) in [6.45, 7) is 6.88. The molecule has 0 aliphatic heterocycles. The highest BCUT2D eigenvalue weighted by Crippen LogP contribution is 2.21. The maximum absolute atomic E-state index is 12.8. The first kappa shape index (κ1) is 17.8. The number of hydrogen-bond acceptors (Lipinski definition) is 4. The van der Waals surface area contributed by atoms with Crippen LogP contribution in [0.2, 0.25) is 0 Å². The van der Waals surface area contributed by atoms with Gasteiger partial charge in [0, 0.05) is 31.5 Å². The predicted molar refractivity (Wildman–Crippen MR) is 99.9 cm³/mol. The zero-order chi connectivity index (χ0) is 18.9. The van der Waals surface area contributed by atoms with E-state index in [4.69, 9.17) is 0 Å². The average Bonchev–Trinajstić information content (AvgIpc) is 3.09. The molecule has 1 amide bonds. The molecule has 136 valence electrons. The van der Waals surface area contributed by atoms with Gasteiger partial charge in [0.25, 0.3) is 11.5 Å². The molecular formula is C19H23N5O2. The summed E-state index contributed by atoms with van der Waals surface area (Å²) in [6.07, 6.45) is 6.79. The van der Waals surface area contributed by atoms with E-state index in [1.165, 1.54) is 10.9 Å². The van der Waals surface area contributed by atoms with Crippen LogP contribution in [0.1, 0.15) is 31.1 Å². The Morgan fingerprint density at radius 3 is 2.69 bits per heavy atom. The Balaban J connectivity index is 1.86. The number of benzene rings is 1. The number of carbonyl (C=O) groups is 1. The van der Waals surface area contributed by atoms with E-state index in [9.17, 15) is 9.59 Å². The lowest BCUT2D eigenvalue weighted by molar-refractivity contribution is 0.0892. The standard InChI is InChI=1S/C19H23N5O2/c1-19(2,3)16(10-24-8-7-20-11-24)22-17(25)13-5-6-14-15(9-13)21-12-23(4)18(14)26/h5-9,11-12,16H,10H2,1-4H3,(H,22,25)/t16-/m1/s1. The third-order valence-electron chi connectivity index (χ3n) is 4.48. The molecule has 7 heteroatoms. The van der Waals surface area contributed by atoms with Gasteiger partial charge in [-0.1, -0.05) is 20.8 Å². The van der Waals surface area contributed by atoms with Gasteiger partial charge in [0.15, 0.2) is 0 Å². The Morgan fingerprint density at radius 2 is 2.04 bits per heavy atom. The van der Waals surface area contributed by atoms with E-state index >= 15 is 0 Å². The minimum atomic E-state index is -0.186. The van der Waals surface area contributed by atoms with Crippen molar-refractivity contribution in [3.8, 4) is 0 Å². The average molecular weight is 353 g/mol. The normalized spacial score (nSPS) is 12.9. The van der Waals surface area contributed by atoms with E-state index in [1.807, 2.05) is 10.8 Å². The second-order valence-corrected chi connectivity index (χ2v) is 7.54. The van der Waals surface area contributed by atoms with Crippen LogP contribution in [0, 0.1) is 5.41 Å². The van der Waals surface area contributed by atoms with Crippen molar-refractivity contribution in [1.29, 1.82) is 0 Å². The Kier molecular flexibility index (Phi) is 4.63. The number of rotatable bonds is 4. The highest BCUT2D eigenvalue weighted by Gasteiger charge is 2.27. The SMILES string of the molecule is Cn1cnc2cc(C(=O)N[C@H](Cn3ccnc3)C(C)(C)C)ccc2c1=O. The van der Waals surface area contributed by atoms with Crippen molar-refractivity contribution in [2.75, 3.05) is 0 Å². The summed E-state index contributed by atoms with van der Waals surface area (Å²) in [5, 5.41) is 3.60. The minimum absolute atomic E-state index is 0.0866. The predicted octanol–water partition coefficient (Wildman–Crippen LogP) is 1.97. The number of carbonyl (C=O) groups excluding carboxylic acids is 1. The van der Waals surface area contributed by atoms with Gasteiger partial charge in [-0.3, -0.25) is 9.59 Å². The van der Waals surface area contributed by atoms with Crippen LogP contribution in [0.25, 0.3) is 10.9 Å². The first-order chi connectivity index (χ1) is 12.3. The van der Waals surface area contributed by atoms with Gasteiger partial charge in [0.1, 0.15) is 0 Å². The number of aryl methyl sites for hydroxylation is 1. The van der Waals surface area contributed by atoms with Crippen molar-refractivity contribution in [1.82, 2.24) is 24.4 Å². The number of aromatic nitrogens is 4. The van der Waals surface area contributed by atoms with E-state index in [2.05, 4.69) is 36.1 Å². The van der Waals surface area contributed by atoms with Crippen LogP contribution in [0.5, 0.6) is 0 Å². The Bertz CT molecular complexity index is 983. The molecule has 0 saturated heterocycles. The van der Waals surface area contributed by atoms with Crippen molar-refractivity contribution in [3.05, 3.63) is 59.2 Å². The quantitative estimate of drug-likeness (QED) is 0.777. The zero-order valence-electron chi connectivity index (χ0n) is 15.4. The van der Waals surface area contributed by atoms with Crippen LogP contribution in [0.15, 0.2) is 48.0 Å². The van der Waals surface area contributed by atoms with Crippen LogP contribution in [-0.4, -0.2) is 31.1 Å². The number of nitrogens with zero attached hydrogens (tertiary/aromatic N) is 4. The van der Waals surface area contributed by atoms with Crippen molar-refractivity contribution < 1.29 is 4.79 Å². The number of nitrogens with one attached hydrogen (secondary N) is 1. The molecule has 2 heterocycles. The summed E-state index contributed by atoms with van der Waals surface area (Å²) >= 11 is 0. The fraction of sp³-hybridized carbons (Fsp3) is 0.368. The first-order valence-electron chi connectivity index (χ1n) is 8.48. The van der Waals surface area contributed by atoms with Crippen molar-refractivity contribution in [2.45, 2.75) is 33.4 Å². The van der Waals surface area contributed by atoms with Gasteiger partial charge < -0.3 is 14.5 Å². The third kappa shape index (κ3) is 3.66. The van der Waals surface area contributed by atoms with E-state index in [0.717, 1.165) is 0 Å². The maximum atomic E-state index is 12.8. The summed E-state index contributed by atoms with van der Waals surface area (Å²) in [5.74, 6) is -0.186. The lowest BCUT2D eigenvalue weighted by Gasteiger charge is -2.31. The second kappa shape index (κ2) is 6.74. The number of hydrogen-bond donors (Lipinski definition) is 1. The summed E-state index contributed by atoms with van der Waals surface area (Å²) in [6, 6.07) is 4.89. The zero-order valence-corrected chi connectivity index (χ0v) is 15.4. The van der Waals surface area contributed by atoms with E-state index in [1.54, 1.807) is 37.8 Å². The van der Waals surface area contributed by atoms with Gasteiger partial charge in [-0.2, -0.15) is 0 Å². The lowest BCUT2D eigenvalue weighted by atomic mass is 9.86. The molecule has 1 aromatic carbocycles. The van der Waals surface area contributed by atoms with Gasteiger partial charge in [-0.05, 0) is 23.6 Å². The lowest BCUT2D eigenvalue weighted by Crippen LogP contribution is -2.46. The molecule has 0 bridgehead atoms. The van der Waals surface area contributed by atoms with Gasteiger partial charge in [-0.15, -0.1) is 0 Å². The van der Waals surface area contributed by atoms with Gasteiger partial charge in [-0.25, -0.2) is 9.97 Å². The molecule has 3 rings (SSSR count). The molecular weight excluding hydrogens is 330 g/mol. The molecule has 0 unspecified atom stereocenters. The highest BCUT2D eigenvalue weighted by atomic mass is 16.1. The molecule has 0 saturated carbocycles. The molecule has 0 radical (unpaired) electrons. The largest absolute Gasteiger partial charge is 0.347 e. The van der Waals surface area contributed by atoms with Crippen LogP contribution in [0.4, 0.5) is 0 Å². The number of fused-ring (bicyclic) bond motifs is 1. The highest BCUT2D eigenvalue weighted by molar-refractivity contribution is 5.97. The minimum Gasteiger partial charge on any atom is -0.347 e. The molecule has 1 N–H and O–H groups in total. The summed E-state index contributed by atoms with van der Waals surface area (Å²) in [4.78, 5) is 33.2. The molecule has 2 aromatic heterocycles.